The number of rotatable bonds is 6. The molecule has 1 aromatic carbocycles. The van der Waals surface area contributed by atoms with Crippen LogP contribution in [0, 0.1) is 0 Å². The Morgan fingerprint density at radius 1 is 1.29 bits per heavy atom. The van der Waals surface area contributed by atoms with Crippen LogP contribution in [0.1, 0.15) is 33.3 Å². The van der Waals surface area contributed by atoms with Gasteiger partial charge in [0, 0.05) is 12.6 Å². The standard InChI is InChI=1S/C14H23NO2/c1-5-15(11(3)4)10-12-7-8-13(16)14(9-12)17-6-2/h7-9,11,16H,5-6,10H2,1-4H3. The van der Waals surface area contributed by atoms with E-state index in [-0.39, 0.29) is 5.75 Å². The summed E-state index contributed by atoms with van der Waals surface area (Å²) in [5.41, 5.74) is 1.17. The van der Waals surface area contributed by atoms with Crippen LogP contribution in [-0.2, 0) is 6.54 Å². The topological polar surface area (TPSA) is 32.7 Å². The summed E-state index contributed by atoms with van der Waals surface area (Å²) in [5, 5.41) is 9.63. The molecule has 0 heterocycles. The number of hydrogen-bond donors (Lipinski definition) is 1. The zero-order valence-corrected chi connectivity index (χ0v) is 11.2. The fourth-order valence-electron chi connectivity index (χ4n) is 1.82. The van der Waals surface area contributed by atoms with Crippen LogP contribution < -0.4 is 4.74 Å². The van der Waals surface area contributed by atoms with E-state index in [4.69, 9.17) is 4.74 Å². The predicted molar refractivity (Wildman–Crippen MR) is 70.5 cm³/mol. The molecule has 3 heteroatoms. The van der Waals surface area contributed by atoms with Crippen LogP contribution in [0.5, 0.6) is 11.5 Å². The van der Waals surface area contributed by atoms with E-state index < -0.39 is 0 Å². The van der Waals surface area contributed by atoms with E-state index >= 15 is 0 Å². The van der Waals surface area contributed by atoms with Crippen molar-refractivity contribution >= 4 is 0 Å². The van der Waals surface area contributed by atoms with E-state index in [0.29, 0.717) is 18.4 Å². The second-order valence-electron chi connectivity index (χ2n) is 4.39. The maximum absolute atomic E-state index is 9.63. The number of hydrogen-bond acceptors (Lipinski definition) is 3. The molecule has 0 aliphatic heterocycles. The molecule has 0 aliphatic rings. The molecule has 96 valence electrons. The molecule has 0 aromatic heterocycles. The number of nitrogens with zero attached hydrogens (tertiary/aromatic N) is 1. The van der Waals surface area contributed by atoms with Gasteiger partial charge < -0.3 is 9.84 Å². The van der Waals surface area contributed by atoms with Gasteiger partial charge in [-0.05, 0) is 45.0 Å². The fraction of sp³-hybridized carbons (Fsp3) is 0.571. The highest BCUT2D eigenvalue weighted by atomic mass is 16.5. The molecule has 1 N–H and O–H groups in total. The molecule has 0 fully saturated rings. The monoisotopic (exact) mass is 237 g/mol. The number of aromatic hydroxyl groups is 1. The van der Waals surface area contributed by atoms with Crippen LogP contribution in [0.2, 0.25) is 0 Å². The second-order valence-corrected chi connectivity index (χ2v) is 4.39. The van der Waals surface area contributed by atoms with E-state index in [1.807, 2.05) is 19.1 Å². The Morgan fingerprint density at radius 3 is 2.53 bits per heavy atom. The lowest BCUT2D eigenvalue weighted by Crippen LogP contribution is -2.29. The van der Waals surface area contributed by atoms with E-state index in [0.717, 1.165) is 13.1 Å². The van der Waals surface area contributed by atoms with Crippen LogP contribution >= 0.6 is 0 Å². The van der Waals surface area contributed by atoms with Crippen LogP contribution in [0.4, 0.5) is 0 Å². The highest BCUT2D eigenvalue weighted by Gasteiger charge is 2.09. The summed E-state index contributed by atoms with van der Waals surface area (Å²) in [6.07, 6.45) is 0. The molecule has 0 bridgehead atoms. The van der Waals surface area contributed by atoms with Gasteiger partial charge in [0.05, 0.1) is 6.61 Å². The van der Waals surface area contributed by atoms with Crippen LogP contribution in [-0.4, -0.2) is 29.2 Å². The van der Waals surface area contributed by atoms with E-state index in [2.05, 4.69) is 25.7 Å². The highest BCUT2D eigenvalue weighted by molar-refractivity contribution is 5.41. The first kappa shape index (κ1) is 13.8. The molecule has 0 amide bonds. The summed E-state index contributed by atoms with van der Waals surface area (Å²) in [6.45, 7) is 10.9. The molecule has 1 rings (SSSR count). The third-order valence-electron chi connectivity index (χ3n) is 2.85. The van der Waals surface area contributed by atoms with Gasteiger partial charge in [-0.2, -0.15) is 0 Å². The number of benzene rings is 1. The van der Waals surface area contributed by atoms with Gasteiger partial charge in [0.1, 0.15) is 0 Å². The Bertz CT molecular complexity index is 350. The van der Waals surface area contributed by atoms with Gasteiger partial charge in [-0.1, -0.05) is 13.0 Å². The lowest BCUT2D eigenvalue weighted by atomic mass is 10.1. The van der Waals surface area contributed by atoms with Crippen molar-refractivity contribution in [2.45, 2.75) is 40.3 Å². The van der Waals surface area contributed by atoms with Crippen molar-refractivity contribution in [1.82, 2.24) is 4.90 Å². The first-order valence-electron chi connectivity index (χ1n) is 6.27. The molecule has 0 atom stereocenters. The van der Waals surface area contributed by atoms with E-state index in [1.54, 1.807) is 6.07 Å². The molecular weight excluding hydrogens is 214 g/mol. The Balaban J connectivity index is 2.80. The van der Waals surface area contributed by atoms with E-state index in [9.17, 15) is 5.11 Å². The highest BCUT2D eigenvalue weighted by Crippen LogP contribution is 2.27. The first-order valence-corrected chi connectivity index (χ1v) is 6.27. The SMILES string of the molecule is CCOc1cc(CN(CC)C(C)C)ccc1O. The number of ether oxygens (including phenoxy) is 1. The van der Waals surface area contributed by atoms with Gasteiger partial charge >= 0.3 is 0 Å². The lowest BCUT2D eigenvalue weighted by Gasteiger charge is -2.25. The zero-order chi connectivity index (χ0) is 12.8. The van der Waals surface area contributed by atoms with Gasteiger partial charge in [0.15, 0.2) is 11.5 Å². The lowest BCUT2D eigenvalue weighted by molar-refractivity contribution is 0.224. The third kappa shape index (κ3) is 3.93. The Labute approximate surface area is 104 Å². The van der Waals surface area contributed by atoms with Crippen molar-refractivity contribution in [1.29, 1.82) is 0 Å². The molecule has 0 unspecified atom stereocenters. The quantitative estimate of drug-likeness (QED) is 0.825. The molecule has 0 aliphatic carbocycles. The van der Waals surface area contributed by atoms with Crippen molar-refractivity contribution < 1.29 is 9.84 Å². The largest absolute Gasteiger partial charge is 0.504 e. The summed E-state index contributed by atoms with van der Waals surface area (Å²) in [6, 6.07) is 6.09. The van der Waals surface area contributed by atoms with Crippen molar-refractivity contribution in [3.8, 4) is 11.5 Å². The molecule has 3 nitrogen and oxygen atoms in total. The van der Waals surface area contributed by atoms with Crippen LogP contribution in [0.15, 0.2) is 18.2 Å². The number of phenols is 1. The minimum Gasteiger partial charge on any atom is -0.504 e. The maximum atomic E-state index is 9.63. The molecule has 0 saturated heterocycles. The second kappa shape index (κ2) is 6.50. The summed E-state index contributed by atoms with van der Waals surface area (Å²) in [4.78, 5) is 2.36. The minimum atomic E-state index is 0.211. The Kier molecular flexibility index (Phi) is 5.29. The summed E-state index contributed by atoms with van der Waals surface area (Å²) in [5.74, 6) is 0.785. The smallest absolute Gasteiger partial charge is 0.161 e. The van der Waals surface area contributed by atoms with Crippen molar-refractivity contribution in [3.05, 3.63) is 23.8 Å². The van der Waals surface area contributed by atoms with Crippen molar-refractivity contribution in [2.24, 2.45) is 0 Å². The summed E-state index contributed by atoms with van der Waals surface area (Å²) >= 11 is 0. The predicted octanol–water partition coefficient (Wildman–Crippen LogP) is 3.02. The van der Waals surface area contributed by atoms with Crippen LogP contribution in [0.25, 0.3) is 0 Å². The van der Waals surface area contributed by atoms with Gasteiger partial charge in [-0.3, -0.25) is 4.90 Å². The molecule has 1 aromatic rings. The van der Waals surface area contributed by atoms with Crippen molar-refractivity contribution in [2.75, 3.05) is 13.2 Å². The molecule has 0 saturated carbocycles. The molecule has 0 radical (unpaired) electrons. The molecule has 0 spiro atoms. The maximum Gasteiger partial charge on any atom is 0.161 e. The van der Waals surface area contributed by atoms with Gasteiger partial charge in [-0.25, -0.2) is 0 Å². The van der Waals surface area contributed by atoms with Gasteiger partial charge in [-0.15, -0.1) is 0 Å². The normalized spacial score (nSPS) is 11.2. The Hall–Kier alpha value is -1.22. The fourth-order valence-corrected chi connectivity index (χ4v) is 1.82. The summed E-state index contributed by atoms with van der Waals surface area (Å²) < 4.78 is 5.38. The first-order chi connectivity index (χ1) is 8.08. The van der Waals surface area contributed by atoms with Gasteiger partial charge in [0.25, 0.3) is 0 Å². The number of phenolic OH excluding ortho intramolecular Hbond substituents is 1. The average molecular weight is 237 g/mol. The third-order valence-corrected chi connectivity index (χ3v) is 2.85. The van der Waals surface area contributed by atoms with E-state index in [1.165, 1.54) is 5.56 Å². The zero-order valence-electron chi connectivity index (χ0n) is 11.2. The molecular formula is C14H23NO2. The minimum absolute atomic E-state index is 0.211. The summed E-state index contributed by atoms with van der Waals surface area (Å²) in [7, 11) is 0. The average Bonchev–Trinajstić information content (AvgIpc) is 2.30. The van der Waals surface area contributed by atoms with Gasteiger partial charge in [0.2, 0.25) is 0 Å². The van der Waals surface area contributed by atoms with Crippen LogP contribution in [0.3, 0.4) is 0 Å². The molecule has 17 heavy (non-hydrogen) atoms. The van der Waals surface area contributed by atoms with Crippen molar-refractivity contribution in [3.63, 3.8) is 0 Å². The Morgan fingerprint density at radius 2 is 2.00 bits per heavy atom.